The molecule has 0 saturated heterocycles. The predicted octanol–water partition coefficient (Wildman–Crippen LogP) is -0.218. The van der Waals surface area contributed by atoms with Gasteiger partial charge in [-0.05, 0) is 25.9 Å². The van der Waals surface area contributed by atoms with Crippen molar-refractivity contribution in [3.8, 4) is 0 Å². The summed E-state index contributed by atoms with van der Waals surface area (Å²) in [5.41, 5.74) is 9.80. The van der Waals surface area contributed by atoms with Gasteiger partial charge in [0.05, 0.1) is 12.2 Å². The zero-order chi connectivity index (χ0) is 8.74. The lowest BCUT2D eigenvalue weighted by atomic mass is 9.97. The number of aliphatic hydroxyl groups is 1. The average Bonchev–Trinajstić information content (AvgIpc) is 1.88. The first kappa shape index (κ1) is 11.6. The molecule has 0 aliphatic rings. The maximum Gasteiger partial charge on any atom is 0.109 e. The molecule has 68 valence electrons. The number of nitrogens with two attached hydrogens (primary N) is 2. The Bertz CT molecular complexity index is 85.6. The van der Waals surface area contributed by atoms with Crippen molar-refractivity contribution in [1.82, 2.24) is 0 Å². The first-order valence-corrected chi connectivity index (χ1v) is 4.42. The van der Waals surface area contributed by atoms with Crippen molar-refractivity contribution in [1.29, 1.82) is 0 Å². The molecular formula is C6H15IN2O2. The van der Waals surface area contributed by atoms with Crippen LogP contribution in [0.5, 0.6) is 0 Å². The second-order valence-electron chi connectivity index (χ2n) is 2.56. The summed E-state index contributed by atoms with van der Waals surface area (Å²) in [7, 11) is 0. The van der Waals surface area contributed by atoms with Gasteiger partial charge in [0.15, 0.2) is 0 Å². The standard InChI is InChI=1S/C6H15IN2O2/c7-11-5-6(10,1-3-8)2-4-9/h10H,1-5,8-9H2. The first-order chi connectivity index (χ1) is 5.18. The Morgan fingerprint density at radius 3 is 2.00 bits per heavy atom. The zero-order valence-electron chi connectivity index (χ0n) is 6.42. The molecule has 0 radical (unpaired) electrons. The van der Waals surface area contributed by atoms with E-state index in [4.69, 9.17) is 14.5 Å². The molecule has 0 heterocycles. The van der Waals surface area contributed by atoms with Gasteiger partial charge in [-0.25, -0.2) is 0 Å². The van der Waals surface area contributed by atoms with Crippen molar-refractivity contribution >= 4 is 23.0 Å². The van der Waals surface area contributed by atoms with Crippen LogP contribution in [0.3, 0.4) is 0 Å². The van der Waals surface area contributed by atoms with Gasteiger partial charge in [-0.15, -0.1) is 0 Å². The van der Waals surface area contributed by atoms with Gasteiger partial charge in [0.1, 0.15) is 23.0 Å². The van der Waals surface area contributed by atoms with E-state index < -0.39 is 5.60 Å². The summed E-state index contributed by atoms with van der Waals surface area (Å²) in [5, 5.41) is 9.72. The minimum absolute atomic E-state index is 0.294. The van der Waals surface area contributed by atoms with Gasteiger partial charge in [0, 0.05) is 0 Å². The molecule has 0 aliphatic heterocycles. The highest BCUT2D eigenvalue weighted by molar-refractivity contribution is 14.1. The topological polar surface area (TPSA) is 81.5 Å². The summed E-state index contributed by atoms with van der Waals surface area (Å²) in [6.07, 6.45) is 1.07. The van der Waals surface area contributed by atoms with Crippen molar-refractivity contribution < 1.29 is 8.17 Å². The molecule has 0 amide bonds. The van der Waals surface area contributed by atoms with Crippen molar-refractivity contribution in [2.75, 3.05) is 19.7 Å². The van der Waals surface area contributed by atoms with E-state index in [2.05, 4.69) is 0 Å². The number of hydrogen-bond acceptors (Lipinski definition) is 4. The Balaban J connectivity index is 3.79. The Kier molecular flexibility index (Phi) is 6.44. The van der Waals surface area contributed by atoms with Gasteiger partial charge in [-0.1, -0.05) is 0 Å². The minimum atomic E-state index is -0.829. The van der Waals surface area contributed by atoms with Gasteiger partial charge < -0.3 is 19.6 Å². The fourth-order valence-corrected chi connectivity index (χ4v) is 1.49. The van der Waals surface area contributed by atoms with Gasteiger partial charge in [-0.3, -0.25) is 0 Å². The van der Waals surface area contributed by atoms with E-state index >= 15 is 0 Å². The lowest BCUT2D eigenvalue weighted by Gasteiger charge is -2.25. The van der Waals surface area contributed by atoms with Crippen LogP contribution in [-0.2, 0) is 3.07 Å². The van der Waals surface area contributed by atoms with E-state index in [9.17, 15) is 5.11 Å². The summed E-state index contributed by atoms with van der Waals surface area (Å²) in [4.78, 5) is 0. The Hall–Kier alpha value is 0.570. The van der Waals surface area contributed by atoms with Crippen LogP contribution in [0.1, 0.15) is 12.8 Å². The third-order valence-electron chi connectivity index (χ3n) is 1.54. The van der Waals surface area contributed by atoms with Gasteiger partial charge in [0.2, 0.25) is 0 Å². The number of hydrogen-bond donors (Lipinski definition) is 3. The molecule has 0 aromatic carbocycles. The highest BCUT2D eigenvalue weighted by Gasteiger charge is 2.24. The molecule has 0 saturated carbocycles. The van der Waals surface area contributed by atoms with Crippen LogP contribution in [0.4, 0.5) is 0 Å². The van der Waals surface area contributed by atoms with E-state index in [1.165, 1.54) is 0 Å². The lowest BCUT2D eigenvalue weighted by molar-refractivity contribution is -0.00303. The molecule has 0 fully saturated rings. The third kappa shape index (κ3) is 4.91. The van der Waals surface area contributed by atoms with Gasteiger partial charge in [0.25, 0.3) is 0 Å². The van der Waals surface area contributed by atoms with E-state index in [0.717, 1.165) is 0 Å². The maximum absolute atomic E-state index is 9.72. The molecule has 0 aliphatic carbocycles. The molecule has 11 heavy (non-hydrogen) atoms. The average molecular weight is 274 g/mol. The summed E-state index contributed by atoms with van der Waals surface area (Å²) < 4.78 is 4.82. The molecule has 0 aromatic rings. The second-order valence-corrected chi connectivity index (χ2v) is 3.18. The minimum Gasteiger partial charge on any atom is -0.387 e. The smallest absolute Gasteiger partial charge is 0.109 e. The fourth-order valence-electron chi connectivity index (χ4n) is 0.908. The molecule has 0 bridgehead atoms. The second kappa shape index (κ2) is 6.13. The molecule has 0 aromatic heterocycles. The molecule has 5 N–H and O–H groups in total. The monoisotopic (exact) mass is 274 g/mol. The molecular weight excluding hydrogens is 259 g/mol. The normalized spacial score (nSPS) is 12.0. The summed E-state index contributed by atoms with van der Waals surface area (Å²) in [5.74, 6) is 0. The predicted molar refractivity (Wildman–Crippen MR) is 52.3 cm³/mol. The van der Waals surface area contributed by atoms with Crippen molar-refractivity contribution in [3.63, 3.8) is 0 Å². The van der Waals surface area contributed by atoms with Crippen LogP contribution in [0.15, 0.2) is 0 Å². The van der Waals surface area contributed by atoms with Crippen LogP contribution in [0.2, 0.25) is 0 Å². The van der Waals surface area contributed by atoms with Crippen molar-refractivity contribution in [2.24, 2.45) is 11.5 Å². The van der Waals surface area contributed by atoms with E-state index in [1.54, 1.807) is 23.0 Å². The van der Waals surface area contributed by atoms with Crippen LogP contribution < -0.4 is 11.5 Å². The van der Waals surface area contributed by atoms with E-state index in [1.807, 2.05) is 0 Å². The van der Waals surface area contributed by atoms with Crippen LogP contribution in [0.25, 0.3) is 0 Å². The molecule has 4 nitrogen and oxygen atoms in total. The molecule has 0 rings (SSSR count). The van der Waals surface area contributed by atoms with Gasteiger partial charge >= 0.3 is 0 Å². The molecule has 5 heteroatoms. The number of rotatable bonds is 6. The Labute approximate surface area is 81.0 Å². The van der Waals surface area contributed by atoms with E-state index in [-0.39, 0.29) is 0 Å². The van der Waals surface area contributed by atoms with Crippen LogP contribution in [-0.4, -0.2) is 30.4 Å². The fraction of sp³-hybridized carbons (Fsp3) is 1.00. The third-order valence-corrected chi connectivity index (χ3v) is 1.85. The van der Waals surface area contributed by atoms with Crippen molar-refractivity contribution in [3.05, 3.63) is 0 Å². The molecule has 0 unspecified atom stereocenters. The summed E-state index contributed by atoms with van der Waals surface area (Å²) >= 11 is 1.75. The largest absolute Gasteiger partial charge is 0.387 e. The number of halogens is 1. The zero-order valence-corrected chi connectivity index (χ0v) is 8.58. The van der Waals surface area contributed by atoms with E-state index in [0.29, 0.717) is 32.5 Å². The van der Waals surface area contributed by atoms with Crippen LogP contribution in [0, 0.1) is 0 Å². The molecule has 0 atom stereocenters. The Morgan fingerprint density at radius 2 is 1.73 bits per heavy atom. The highest BCUT2D eigenvalue weighted by Crippen LogP contribution is 2.15. The quantitative estimate of drug-likeness (QED) is 0.585. The maximum atomic E-state index is 9.72. The SMILES string of the molecule is NCCC(O)(CCN)COI. The van der Waals surface area contributed by atoms with Crippen molar-refractivity contribution in [2.45, 2.75) is 18.4 Å². The Morgan fingerprint density at radius 1 is 1.27 bits per heavy atom. The first-order valence-electron chi connectivity index (χ1n) is 3.54. The summed E-state index contributed by atoms with van der Waals surface area (Å²) in [6.45, 7) is 1.20. The van der Waals surface area contributed by atoms with Gasteiger partial charge in [-0.2, -0.15) is 0 Å². The highest BCUT2D eigenvalue weighted by atomic mass is 127. The summed E-state index contributed by atoms with van der Waals surface area (Å²) in [6, 6.07) is 0. The van der Waals surface area contributed by atoms with Crippen LogP contribution >= 0.6 is 23.0 Å². The molecule has 0 spiro atoms. The lowest BCUT2D eigenvalue weighted by Crippen LogP contribution is -2.38.